The van der Waals surface area contributed by atoms with Gasteiger partial charge < -0.3 is 20.7 Å². The van der Waals surface area contributed by atoms with Crippen LogP contribution in [0.4, 0.5) is 5.69 Å². The molecule has 1 heterocycles. The number of fused-ring (bicyclic) bond motifs is 1. The average molecular weight is 339 g/mol. The topological polar surface area (TPSA) is 84.7 Å². The monoisotopic (exact) mass is 339 g/mol. The first-order valence-electron chi connectivity index (χ1n) is 8.27. The molecule has 2 aromatic carbocycles. The van der Waals surface area contributed by atoms with Crippen molar-refractivity contribution in [3.63, 3.8) is 0 Å². The van der Waals surface area contributed by atoms with E-state index in [1.54, 1.807) is 12.1 Å². The number of primary amides is 1. The van der Waals surface area contributed by atoms with Crippen molar-refractivity contribution in [3.05, 3.63) is 59.7 Å². The number of ether oxygens (including phenoxy) is 1. The summed E-state index contributed by atoms with van der Waals surface area (Å²) in [7, 11) is 0. The highest BCUT2D eigenvalue weighted by Crippen LogP contribution is 2.33. The molecule has 0 aliphatic carbocycles. The molecule has 2 amide bonds. The summed E-state index contributed by atoms with van der Waals surface area (Å²) in [6.45, 7) is 2.55. The van der Waals surface area contributed by atoms with Crippen LogP contribution >= 0.6 is 0 Å². The van der Waals surface area contributed by atoms with Gasteiger partial charge in [0.1, 0.15) is 11.9 Å². The predicted molar refractivity (Wildman–Crippen MR) is 95.3 cm³/mol. The summed E-state index contributed by atoms with van der Waals surface area (Å²) < 4.78 is 5.29. The fraction of sp³-hybridized carbons (Fsp3) is 0.263. The van der Waals surface area contributed by atoms with Crippen LogP contribution in [0.3, 0.4) is 0 Å². The number of hydrogen-bond acceptors (Lipinski definition) is 4. The zero-order valence-electron chi connectivity index (χ0n) is 14.1. The molecule has 0 saturated carbocycles. The zero-order valence-corrected chi connectivity index (χ0v) is 14.1. The van der Waals surface area contributed by atoms with E-state index in [4.69, 9.17) is 10.5 Å². The maximum atomic E-state index is 12.8. The number of carbonyl (C=O) groups excluding carboxylic acids is 2. The van der Waals surface area contributed by atoms with Crippen molar-refractivity contribution < 1.29 is 14.3 Å². The van der Waals surface area contributed by atoms with Gasteiger partial charge in [-0.25, -0.2) is 0 Å². The van der Waals surface area contributed by atoms with Gasteiger partial charge in [-0.15, -0.1) is 0 Å². The van der Waals surface area contributed by atoms with E-state index in [-0.39, 0.29) is 18.7 Å². The summed E-state index contributed by atoms with van der Waals surface area (Å²) in [5, 5.41) is 3.44. The second kappa shape index (κ2) is 7.25. The van der Waals surface area contributed by atoms with Crippen LogP contribution in [0, 0.1) is 0 Å². The molecule has 1 aliphatic rings. The number of nitrogens with one attached hydrogen (secondary N) is 1. The van der Waals surface area contributed by atoms with Crippen molar-refractivity contribution in [2.45, 2.75) is 19.5 Å². The van der Waals surface area contributed by atoms with Crippen LogP contribution in [-0.4, -0.2) is 29.9 Å². The fourth-order valence-corrected chi connectivity index (χ4v) is 2.93. The molecule has 3 rings (SSSR count). The first kappa shape index (κ1) is 16.8. The molecular weight excluding hydrogens is 318 g/mol. The quantitative estimate of drug-likeness (QED) is 0.847. The van der Waals surface area contributed by atoms with Crippen LogP contribution in [0.15, 0.2) is 48.5 Å². The van der Waals surface area contributed by atoms with E-state index in [2.05, 4.69) is 5.32 Å². The summed E-state index contributed by atoms with van der Waals surface area (Å²) >= 11 is 0. The lowest BCUT2D eigenvalue weighted by Gasteiger charge is -2.38. The number of para-hydroxylation sites is 1. The number of hydrogen-bond donors (Lipinski definition) is 2. The number of anilines is 1. The predicted octanol–water partition coefficient (Wildman–Crippen LogP) is 2.53. The van der Waals surface area contributed by atoms with Crippen molar-refractivity contribution in [2.24, 2.45) is 5.73 Å². The third-order valence-electron chi connectivity index (χ3n) is 4.06. The van der Waals surface area contributed by atoms with Crippen LogP contribution in [0.25, 0.3) is 0 Å². The smallest absolute Gasteiger partial charge is 0.257 e. The Bertz CT molecular complexity index is 774. The number of rotatable bonds is 6. The molecule has 3 N–H and O–H groups in total. The molecule has 0 fully saturated rings. The van der Waals surface area contributed by atoms with Crippen LogP contribution in [0.5, 0.6) is 5.75 Å². The Labute approximate surface area is 146 Å². The molecule has 130 valence electrons. The van der Waals surface area contributed by atoms with Gasteiger partial charge in [-0.1, -0.05) is 31.2 Å². The largest absolute Gasteiger partial charge is 0.484 e. The van der Waals surface area contributed by atoms with E-state index in [1.807, 2.05) is 48.2 Å². The van der Waals surface area contributed by atoms with Crippen molar-refractivity contribution in [1.29, 1.82) is 0 Å². The van der Waals surface area contributed by atoms with E-state index in [0.717, 1.165) is 17.7 Å². The summed E-state index contributed by atoms with van der Waals surface area (Å²) in [4.78, 5) is 25.5. The molecule has 0 bridgehead atoms. The Hall–Kier alpha value is -3.02. The SMILES string of the molecule is CCCN1C(=O)c2ccccc2NC1c1ccc(OCC(N)=O)cc1. The van der Waals surface area contributed by atoms with Crippen LogP contribution in [0.1, 0.15) is 35.4 Å². The van der Waals surface area contributed by atoms with Gasteiger partial charge in [-0.3, -0.25) is 9.59 Å². The van der Waals surface area contributed by atoms with Crippen LogP contribution < -0.4 is 15.8 Å². The number of benzene rings is 2. The number of nitrogens with zero attached hydrogens (tertiary/aromatic N) is 1. The molecule has 2 aromatic rings. The fourth-order valence-electron chi connectivity index (χ4n) is 2.93. The van der Waals surface area contributed by atoms with Gasteiger partial charge in [0.25, 0.3) is 11.8 Å². The normalized spacial score (nSPS) is 16.1. The molecule has 6 nitrogen and oxygen atoms in total. The first-order valence-corrected chi connectivity index (χ1v) is 8.27. The van der Waals surface area contributed by atoms with E-state index in [1.165, 1.54) is 0 Å². The third kappa shape index (κ3) is 3.57. The molecule has 1 unspecified atom stereocenters. The van der Waals surface area contributed by atoms with Gasteiger partial charge in [0.15, 0.2) is 6.61 Å². The molecule has 25 heavy (non-hydrogen) atoms. The molecular formula is C19H21N3O3. The third-order valence-corrected chi connectivity index (χ3v) is 4.06. The second-order valence-corrected chi connectivity index (χ2v) is 5.92. The standard InChI is InChI=1S/C19H21N3O3/c1-2-11-22-18(21-16-6-4-3-5-15(16)19(22)24)13-7-9-14(10-8-13)25-12-17(20)23/h3-10,18,21H,2,11-12H2,1H3,(H2,20,23). The molecule has 0 radical (unpaired) electrons. The van der Waals surface area contributed by atoms with Crippen LogP contribution in [0.2, 0.25) is 0 Å². The van der Waals surface area contributed by atoms with E-state index in [0.29, 0.717) is 17.9 Å². The minimum absolute atomic E-state index is 0.0234. The highest BCUT2D eigenvalue weighted by Gasteiger charge is 2.32. The Kier molecular flexibility index (Phi) is 4.88. The number of carbonyl (C=O) groups is 2. The zero-order chi connectivity index (χ0) is 17.8. The maximum Gasteiger partial charge on any atom is 0.257 e. The van der Waals surface area contributed by atoms with Crippen molar-refractivity contribution in [2.75, 3.05) is 18.5 Å². The Morgan fingerprint density at radius 3 is 2.60 bits per heavy atom. The minimum atomic E-state index is -0.519. The highest BCUT2D eigenvalue weighted by molar-refractivity contribution is 6.01. The van der Waals surface area contributed by atoms with Gasteiger partial charge in [0, 0.05) is 12.2 Å². The lowest BCUT2D eigenvalue weighted by molar-refractivity contribution is -0.119. The lowest BCUT2D eigenvalue weighted by atomic mass is 10.0. The first-order chi connectivity index (χ1) is 12.1. The Balaban J connectivity index is 1.86. The number of amides is 2. The molecule has 0 aromatic heterocycles. The summed E-state index contributed by atoms with van der Waals surface area (Å²) in [6.07, 6.45) is 0.624. The van der Waals surface area contributed by atoms with E-state index >= 15 is 0 Å². The van der Waals surface area contributed by atoms with Crippen molar-refractivity contribution >= 4 is 17.5 Å². The molecule has 1 atom stereocenters. The van der Waals surface area contributed by atoms with Gasteiger partial charge in [0.2, 0.25) is 0 Å². The van der Waals surface area contributed by atoms with Gasteiger partial charge >= 0.3 is 0 Å². The molecule has 1 aliphatic heterocycles. The molecule has 6 heteroatoms. The average Bonchev–Trinajstić information content (AvgIpc) is 2.63. The van der Waals surface area contributed by atoms with Gasteiger partial charge in [0.05, 0.1) is 5.56 Å². The Morgan fingerprint density at radius 1 is 1.20 bits per heavy atom. The van der Waals surface area contributed by atoms with E-state index in [9.17, 15) is 9.59 Å². The van der Waals surface area contributed by atoms with Gasteiger partial charge in [-0.2, -0.15) is 0 Å². The summed E-state index contributed by atoms with van der Waals surface area (Å²) in [6, 6.07) is 14.8. The van der Waals surface area contributed by atoms with Crippen molar-refractivity contribution in [3.8, 4) is 5.75 Å². The van der Waals surface area contributed by atoms with Gasteiger partial charge in [-0.05, 0) is 36.2 Å². The lowest BCUT2D eigenvalue weighted by Crippen LogP contribution is -2.43. The minimum Gasteiger partial charge on any atom is -0.484 e. The molecule has 0 saturated heterocycles. The van der Waals surface area contributed by atoms with E-state index < -0.39 is 5.91 Å². The number of nitrogens with two attached hydrogens (primary N) is 1. The van der Waals surface area contributed by atoms with Crippen LogP contribution in [-0.2, 0) is 4.79 Å². The molecule has 0 spiro atoms. The Morgan fingerprint density at radius 2 is 1.92 bits per heavy atom. The highest BCUT2D eigenvalue weighted by atomic mass is 16.5. The van der Waals surface area contributed by atoms with Crippen molar-refractivity contribution in [1.82, 2.24) is 4.90 Å². The maximum absolute atomic E-state index is 12.8. The second-order valence-electron chi connectivity index (χ2n) is 5.92. The summed E-state index contributed by atoms with van der Waals surface area (Å²) in [5.74, 6) is 0.0664. The summed E-state index contributed by atoms with van der Waals surface area (Å²) in [5.41, 5.74) is 7.55.